The molecule has 3 aliphatic rings. The van der Waals surface area contributed by atoms with E-state index in [0.717, 1.165) is 6.42 Å². The molecule has 78 valence electrons. The summed E-state index contributed by atoms with van der Waals surface area (Å²) < 4.78 is 17.1. The van der Waals surface area contributed by atoms with Gasteiger partial charge in [-0.2, -0.15) is 0 Å². The summed E-state index contributed by atoms with van der Waals surface area (Å²) in [6, 6.07) is 0. The summed E-state index contributed by atoms with van der Waals surface area (Å²) in [5, 5.41) is 7.53. The number of ether oxygens (including phenoxy) is 3. The molecule has 0 aromatic carbocycles. The molecular formula is C10H15NO3. The normalized spacial score (nSPS) is 48.9. The van der Waals surface area contributed by atoms with Crippen LogP contribution in [0.1, 0.15) is 26.7 Å². The van der Waals surface area contributed by atoms with Gasteiger partial charge in [0.2, 0.25) is 0 Å². The van der Waals surface area contributed by atoms with E-state index >= 15 is 0 Å². The molecular weight excluding hydrogens is 182 g/mol. The highest BCUT2D eigenvalue weighted by molar-refractivity contribution is 5.74. The van der Waals surface area contributed by atoms with Gasteiger partial charge in [0, 0.05) is 12.3 Å². The molecule has 1 saturated carbocycles. The van der Waals surface area contributed by atoms with Crippen LogP contribution in [0.2, 0.25) is 0 Å². The third kappa shape index (κ3) is 1.10. The maximum absolute atomic E-state index is 7.53. The Morgan fingerprint density at radius 3 is 2.79 bits per heavy atom. The topological polar surface area (TPSA) is 51.5 Å². The van der Waals surface area contributed by atoms with Crippen LogP contribution in [0.15, 0.2) is 0 Å². The van der Waals surface area contributed by atoms with E-state index in [9.17, 15) is 0 Å². The van der Waals surface area contributed by atoms with E-state index in [4.69, 9.17) is 19.6 Å². The van der Waals surface area contributed by atoms with Crippen LogP contribution in [0.3, 0.4) is 0 Å². The highest BCUT2D eigenvalue weighted by Gasteiger charge is 2.57. The smallest absolute Gasteiger partial charge is 0.181 e. The summed E-state index contributed by atoms with van der Waals surface area (Å²) in [4.78, 5) is 0. The van der Waals surface area contributed by atoms with Crippen molar-refractivity contribution in [2.45, 2.75) is 50.8 Å². The first-order valence-corrected chi connectivity index (χ1v) is 5.15. The van der Waals surface area contributed by atoms with Crippen molar-refractivity contribution in [3.63, 3.8) is 0 Å². The van der Waals surface area contributed by atoms with Gasteiger partial charge in [0.15, 0.2) is 11.7 Å². The molecule has 0 amide bonds. The Kier molecular flexibility index (Phi) is 1.55. The molecule has 2 bridgehead atoms. The van der Waals surface area contributed by atoms with Crippen LogP contribution in [-0.2, 0) is 14.2 Å². The minimum absolute atomic E-state index is 0.0397. The second-order valence-electron chi connectivity index (χ2n) is 4.84. The lowest BCUT2D eigenvalue weighted by Crippen LogP contribution is -2.32. The van der Waals surface area contributed by atoms with Crippen molar-refractivity contribution >= 4 is 5.90 Å². The first-order chi connectivity index (χ1) is 6.55. The molecule has 0 aromatic heterocycles. The first kappa shape index (κ1) is 8.68. The van der Waals surface area contributed by atoms with E-state index in [1.807, 2.05) is 13.8 Å². The molecule has 0 aromatic rings. The van der Waals surface area contributed by atoms with Crippen molar-refractivity contribution in [1.29, 1.82) is 5.41 Å². The summed E-state index contributed by atoms with van der Waals surface area (Å²) in [7, 11) is 0. The van der Waals surface area contributed by atoms with E-state index in [2.05, 4.69) is 0 Å². The number of hydrogen-bond acceptors (Lipinski definition) is 4. The van der Waals surface area contributed by atoms with E-state index in [1.165, 1.54) is 0 Å². The lowest BCUT2D eigenvalue weighted by Gasteiger charge is -2.27. The van der Waals surface area contributed by atoms with Crippen molar-refractivity contribution in [3.05, 3.63) is 0 Å². The van der Waals surface area contributed by atoms with Crippen LogP contribution < -0.4 is 0 Å². The number of fused-ring (bicyclic) bond motifs is 5. The molecule has 2 unspecified atom stereocenters. The Bertz CT molecular complexity index is 265. The Hall–Kier alpha value is -0.610. The molecule has 4 nitrogen and oxygen atoms in total. The van der Waals surface area contributed by atoms with Gasteiger partial charge < -0.3 is 14.2 Å². The first-order valence-electron chi connectivity index (χ1n) is 5.15. The fourth-order valence-electron chi connectivity index (χ4n) is 2.82. The molecule has 1 N–H and O–H groups in total. The summed E-state index contributed by atoms with van der Waals surface area (Å²) >= 11 is 0. The maximum Gasteiger partial charge on any atom is 0.181 e. The third-order valence-electron chi connectivity index (χ3n) is 3.27. The number of rotatable bonds is 0. The predicted octanol–water partition coefficient (Wildman–Crippen LogP) is 1.29. The van der Waals surface area contributed by atoms with Gasteiger partial charge in [-0.05, 0) is 20.3 Å². The molecule has 2 heterocycles. The summed E-state index contributed by atoms with van der Waals surface area (Å²) in [6.07, 6.45) is 1.91. The van der Waals surface area contributed by atoms with Crippen LogP contribution in [0, 0.1) is 11.3 Å². The minimum Gasteiger partial charge on any atom is -0.475 e. The predicted molar refractivity (Wildman–Crippen MR) is 49.1 cm³/mol. The van der Waals surface area contributed by atoms with Crippen LogP contribution >= 0.6 is 0 Å². The molecule has 0 spiro atoms. The number of nitrogens with one attached hydrogen (secondary N) is 1. The van der Waals surface area contributed by atoms with Gasteiger partial charge in [-0.25, -0.2) is 0 Å². The highest BCUT2D eigenvalue weighted by atomic mass is 16.8. The summed E-state index contributed by atoms with van der Waals surface area (Å²) in [6.45, 7) is 3.87. The van der Waals surface area contributed by atoms with Crippen molar-refractivity contribution in [2.75, 3.05) is 0 Å². The second-order valence-corrected chi connectivity index (χ2v) is 4.84. The van der Waals surface area contributed by atoms with Gasteiger partial charge in [-0.1, -0.05) is 0 Å². The summed E-state index contributed by atoms with van der Waals surface area (Å²) in [5.74, 6) is 0.341. The molecule has 4 heteroatoms. The zero-order valence-corrected chi connectivity index (χ0v) is 8.45. The van der Waals surface area contributed by atoms with Gasteiger partial charge in [0.1, 0.15) is 12.2 Å². The van der Waals surface area contributed by atoms with Gasteiger partial charge in [0.25, 0.3) is 0 Å². The van der Waals surface area contributed by atoms with Crippen molar-refractivity contribution < 1.29 is 14.2 Å². The third-order valence-corrected chi connectivity index (χ3v) is 3.27. The quantitative estimate of drug-likeness (QED) is 0.636. The van der Waals surface area contributed by atoms with E-state index in [-0.39, 0.29) is 18.3 Å². The Morgan fingerprint density at radius 1 is 1.29 bits per heavy atom. The molecule has 2 aliphatic heterocycles. The molecule has 14 heavy (non-hydrogen) atoms. The Labute approximate surface area is 83.0 Å². The maximum atomic E-state index is 7.53. The van der Waals surface area contributed by atoms with Crippen molar-refractivity contribution in [1.82, 2.24) is 0 Å². The second kappa shape index (κ2) is 2.49. The monoisotopic (exact) mass is 197 g/mol. The van der Waals surface area contributed by atoms with Crippen molar-refractivity contribution in [3.8, 4) is 0 Å². The Balaban J connectivity index is 1.87. The van der Waals surface area contributed by atoms with E-state index in [1.54, 1.807) is 0 Å². The lowest BCUT2D eigenvalue weighted by molar-refractivity contribution is -0.168. The molecule has 3 rings (SSSR count). The lowest BCUT2D eigenvalue weighted by atomic mass is 10.0. The van der Waals surface area contributed by atoms with Crippen LogP contribution in [0.25, 0.3) is 0 Å². The zero-order valence-electron chi connectivity index (χ0n) is 8.45. The molecule has 1 aliphatic carbocycles. The molecule has 0 radical (unpaired) electrons. The molecule has 3 fully saturated rings. The fraction of sp³-hybridized carbons (Fsp3) is 0.900. The Morgan fingerprint density at radius 2 is 2.00 bits per heavy atom. The summed E-state index contributed by atoms with van der Waals surface area (Å²) in [5.41, 5.74) is 0. The van der Waals surface area contributed by atoms with Gasteiger partial charge in [-0.15, -0.1) is 0 Å². The minimum atomic E-state index is -0.477. The van der Waals surface area contributed by atoms with Crippen LogP contribution in [-0.4, -0.2) is 30.0 Å². The average Bonchev–Trinajstić information content (AvgIpc) is 2.49. The van der Waals surface area contributed by atoms with Gasteiger partial charge >= 0.3 is 0 Å². The van der Waals surface area contributed by atoms with Gasteiger partial charge in [0.05, 0.1) is 6.10 Å². The largest absolute Gasteiger partial charge is 0.475 e. The fourth-order valence-corrected chi connectivity index (χ4v) is 2.82. The van der Waals surface area contributed by atoms with Crippen LogP contribution in [0.5, 0.6) is 0 Å². The van der Waals surface area contributed by atoms with Gasteiger partial charge in [-0.3, -0.25) is 5.41 Å². The van der Waals surface area contributed by atoms with E-state index in [0.29, 0.717) is 18.2 Å². The zero-order chi connectivity index (χ0) is 9.92. The standard InChI is InChI=1S/C10H15NO3/c1-10(2)13-8-5-3-6(9(8)14-10)12-7(11)4-5/h5-6,8-9,11H,3-4H2,1-2H3/t5?,6?,8-,9+/m0/s1. The molecule has 4 atom stereocenters. The SMILES string of the molecule is CC1(C)O[C@@H]2C3CC(CC(=N)O3)[C@@H]2O1. The number of hydrogen-bond donors (Lipinski definition) is 1. The van der Waals surface area contributed by atoms with Crippen LogP contribution in [0.4, 0.5) is 0 Å². The van der Waals surface area contributed by atoms with E-state index < -0.39 is 5.79 Å². The average molecular weight is 197 g/mol. The molecule has 2 saturated heterocycles. The van der Waals surface area contributed by atoms with Crippen molar-refractivity contribution in [2.24, 2.45) is 5.92 Å². The highest BCUT2D eigenvalue weighted by Crippen LogP contribution is 2.46.